The molecule has 1 saturated carbocycles. The van der Waals surface area contributed by atoms with E-state index in [0.29, 0.717) is 11.0 Å². The third-order valence-electron chi connectivity index (χ3n) is 4.17. The van der Waals surface area contributed by atoms with Crippen molar-refractivity contribution >= 4 is 21.6 Å². The van der Waals surface area contributed by atoms with Crippen molar-refractivity contribution in [3.05, 3.63) is 28.2 Å². The van der Waals surface area contributed by atoms with Gasteiger partial charge in [0.15, 0.2) is 0 Å². The van der Waals surface area contributed by atoms with Gasteiger partial charge in [-0.3, -0.25) is 0 Å². The second-order valence-electron chi connectivity index (χ2n) is 5.22. The summed E-state index contributed by atoms with van der Waals surface area (Å²) in [6, 6.07) is 8.09. The van der Waals surface area contributed by atoms with Gasteiger partial charge in [-0.2, -0.15) is 5.26 Å². The minimum Gasteiger partial charge on any atom is -0.383 e. The van der Waals surface area contributed by atoms with E-state index in [-0.39, 0.29) is 0 Å². The van der Waals surface area contributed by atoms with Crippen molar-refractivity contribution in [2.75, 3.05) is 11.9 Å². The molecule has 0 aromatic heterocycles. The minimum atomic E-state index is 0.444. The molecule has 0 aliphatic heterocycles. The fourth-order valence-electron chi connectivity index (χ4n) is 2.83. The van der Waals surface area contributed by atoms with E-state index >= 15 is 0 Å². The Hall–Kier alpha value is -1.01. The smallest absolute Gasteiger partial charge is 0.101 e. The predicted octanol–water partition coefficient (Wildman–Crippen LogP) is 4.70. The summed E-state index contributed by atoms with van der Waals surface area (Å²) in [4.78, 5) is 0. The van der Waals surface area contributed by atoms with Gasteiger partial charge in [-0.05, 0) is 42.9 Å². The number of nitrogens with one attached hydrogen (secondary N) is 1. The van der Waals surface area contributed by atoms with Gasteiger partial charge in [-0.25, -0.2) is 0 Å². The zero-order valence-corrected chi connectivity index (χ0v) is 12.4. The Balaban J connectivity index is 2.08. The van der Waals surface area contributed by atoms with E-state index in [1.807, 2.05) is 18.2 Å². The van der Waals surface area contributed by atoms with Gasteiger partial charge in [0.25, 0.3) is 0 Å². The second kappa shape index (κ2) is 5.75. The first-order valence-electron chi connectivity index (χ1n) is 6.63. The van der Waals surface area contributed by atoms with Crippen LogP contribution in [0, 0.1) is 16.7 Å². The van der Waals surface area contributed by atoms with E-state index < -0.39 is 0 Å². The van der Waals surface area contributed by atoms with Crippen molar-refractivity contribution in [3.63, 3.8) is 0 Å². The molecule has 2 nitrogen and oxygen atoms in total. The molecule has 18 heavy (non-hydrogen) atoms. The SMILES string of the molecule is CCC1(CNc2ccc(Br)cc2C#N)CCCC1. The Morgan fingerprint density at radius 1 is 1.39 bits per heavy atom. The highest BCUT2D eigenvalue weighted by atomic mass is 79.9. The topological polar surface area (TPSA) is 35.8 Å². The lowest BCUT2D eigenvalue weighted by Gasteiger charge is -2.28. The zero-order chi connectivity index (χ0) is 13.0. The highest BCUT2D eigenvalue weighted by Gasteiger charge is 2.31. The maximum absolute atomic E-state index is 9.15. The minimum absolute atomic E-state index is 0.444. The highest BCUT2D eigenvalue weighted by molar-refractivity contribution is 9.10. The van der Waals surface area contributed by atoms with Gasteiger partial charge in [0, 0.05) is 11.0 Å². The molecule has 1 N–H and O–H groups in total. The van der Waals surface area contributed by atoms with Gasteiger partial charge in [0.1, 0.15) is 6.07 Å². The maximum Gasteiger partial charge on any atom is 0.101 e. The lowest BCUT2D eigenvalue weighted by Crippen LogP contribution is -2.26. The molecule has 0 atom stereocenters. The van der Waals surface area contributed by atoms with Crippen LogP contribution < -0.4 is 5.32 Å². The van der Waals surface area contributed by atoms with Gasteiger partial charge in [0.05, 0.1) is 11.3 Å². The van der Waals surface area contributed by atoms with Gasteiger partial charge >= 0.3 is 0 Å². The molecule has 2 rings (SSSR count). The lowest BCUT2D eigenvalue weighted by atomic mass is 9.83. The third-order valence-corrected chi connectivity index (χ3v) is 4.66. The number of hydrogen-bond donors (Lipinski definition) is 1. The van der Waals surface area contributed by atoms with Crippen molar-refractivity contribution < 1.29 is 0 Å². The fourth-order valence-corrected chi connectivity index (χ4v) is 3.19. The van der Waals surface area contributed by atoms with Crippen LogP contribution in [0.2, 0.25) is 0 Å². The summed E-state index contributed by atoms with van der Waals surface area (Å²) in [5.74, 6) is 0. The molecule has 1 aliphatic carbocycles. The van der Waals surface area contributed by atoms with Gasteiger partial charge in [0.2, 0.25) is 0 Å². The van der Waals surface area contributed by atoms with Crippen LogP contribution in [0.25, 0.3) is 0 Å². The van der Waals surface area contributed by atoms with Crippen LogP contribution in [0.4, 0.5) is 5.69 Å². The first-order chi connectivity index (χ1) is 8.69. The summed E-state index contributed by atoms with van der Waals surface area (Å²) in [6.07, 6.45) is 6.55. The van der Waals surface area contributed by atoms with Gasteiger partial charge in [-0.15, -0.1) is 0 Å². The van der Waals surface area contributed by atoms with Crippen LogP contribution in [0.5, 0.6) is 0 Å². The molecule has 1 aromatic rings. The molecule has 0 unspecified atom stereocenters. The molecular formula is C15H19BrN2. The number of hydrogen-bond acceptors (Lipinski definition) is 2. The molecule has 0 saturated heterocycles. The summed E-state index contributed by atoms with van der Waals surface area (Å²) in [6.45, 7) is 3.26. The largest absolute Gasteiger partial charge is 0.383 e. The average Bonchev–Trinajstić information content (AvgIpc) is 2.86. The zero-order valence-electron chi connectivity index (χ0n) is 10.8. The number of anilines is 1. The Bertz CT molecular complexity index is 456. The average molecular weight is 307 g/mol. The second-order valence-corrected chi connectivity index (χ2v) is 6.13. The molecule has 0 amide bonds. The number of halogens is 1. The van der Waals surface area contributed by atoms with E-state index in [0.717, 1.165) is 16.7 Å². The normalized spacial score (nSPS) is 17.4. The maximum atomic E-state index is 9.15. The van der Waals surface area contributed by atoms with Crippen molar-refractivity contribution in [1.82, 2.24) is 0 Å². The van der Waals surface area contributed by atoms with Crippen LogP contribution in [0.3, 0.4) is 0 Å². The van der Waals surface area contributed by atoms with Crippen molar-refractivity contribution in [2.24, 2.45) is 5.41 Å². The summed E-state index contributed by atoms with van der Waals surface area (Å²) in [5.41, 5.74) is 2.12. The van der Waals surface area contributed by atoms with Gasteiger partial charge < -0.3 is 5.32 Å². The molecule has 1 fully saturated rings. The predicted molar refractivity (Wildman–Crippen MR) is 78.5 cm³/mol. The lowest BCUT2D eigenvalue weighted by molar-refractivity contribution is 0.307. The molecule has 1 aromatic carbocycles. The van der Waals surface area contributed by atoms with E-state index in [4.69, 9.17) is 5.26 Å². The summed E-state index contributed by atoms with van der Waals surface area (Å²) >= 11 is 3.40. The molecule has 0 heterocycles. The van der Waals surface area contributed by atoms with Crippen molar-refractivity contribution in [2.45, 2.75) is 39.0 Å². The van der Waals surface area contributed by atoms with E-state index in [1.54, 1.807) is 0 Å². The first kappa shape index (κ1) is 13.4. The van der Waals surface area contributed by atoms with E-state index in [9.17, 15) is 0 Å². The highest BCUT2D eigenvalue weighted by Crippen LogP contribution is 2.41. The van der Waals surface area contributed by atoms with Crippen molar-refractivity contribution in [3.8, 4) is 6.07 Å². The molecule has 3 heteroatoms. The molecule has 96 valence electrons. The molecule has 0 bridgehead atoms. The van der Waals surface area contributed by atoms with Crippen LogP contribution in [0.15, 0.2) is 22.7 Å². The van der Waals surface area contributed by atoms with Crippen LogP contribution >= 0.6 is 15.9 Å². The van der Waals surface area contributed by atoms with E-state index in [2.05, 4.69) is 34.2 Å². The van der Waals surface area contributed by atoms with Crippen molar-refractivity contribution in [1.29, 1.82) is 5.26 Å². The molecule has 0 radical (unpaired) electrons. The Kier molecular flexibility index (Phi) is 4.29. The monoisotopic (exact) mass is 306 g/mol. The fraction of sp³-hybridized carbons (Fsp3) is 0.533. The van der Waals surface area contributed by atoms with E-state index in [1.165, 1.54) is 32.1 Å². The number of nitriles is 1. The van der Waals surface area contributed by atoms with Crippen LogP contribution in [-0.2, 0) is 0 Å². The third kappa shape index (κ3) is 2.87. The Morgan fingerprint density at radius 3 is 2.72 bits per heavy atom. The Morgan fingerprint density at radius 2 is 2.11 bits per heavy atom. The number of benzene rings is 1. The summed E-state index contributed by atoms with van der Waals surface area (Å²) in [5, 5.41) is 12.6. The summed E-state index contributed by atoms with van der Waals surface area (Å²) < 4.78 is 0.954. The Labute approximate surface area is 118 Å². The van der Waals surface area contributed by atoms with Gasteiger partial charge in [-0.1, -0.05) is 35.7 Å². The summed E-state index contributed by atoms with van der Waals surface area (Å²) in [7, 11) is 0. The first-order valence-corrected chi connectivity index (χ1v) is 7.42. The quantitative estimate of drug-likeness (QED) is 0.875. The standard InChI is InChI=1S/C15H19BrN2/c1-2-15(7-3-4-8-15)11-18-14-6-5-13(16)9-12(14)10-17/h5-6,9,18H,2-4,7-8,11H2,1H3. The number of rotatable bonds is 4. The van der Waals surface area contributed by atoms with Crippen LogP contribution in [0.1, 0.15) is 44.6 Å². The molecule has 0 spiro atoms. The number of nitrogens with zero attached hydrogens (tertiary/aromatic N) is 1. The molecule has 1 aliphatic rings. The molecular weight excluding hydrogens is 288 g/mol. The van der Waals surface area contributed by atoms with Crippen LogP contribution in [-0.4, -0.2) is 6.54 Å².